The van der Waals surface area contributed by atoms with E-state index in [2.05, 4.69) is 21.2 Å². The molecule has 2 aromatic carbocycles. The van der Waals surface area contributed by atoms with Gasteiger partial charge in [-0.2, -0.15) is 5.10 Å². The first kappa shape index (κ1) is 27.3. The van der Waals surface area contributed by atoms with Crippen LogP contribution in [0.15, 0.2) is 58.8 Å². The predicted octanol–water partition coefficient (Wildman–Crippen LogP) is 2.61. The molecule has 37 heavy (non-hydrogen) atoms. The standard InChI is InChI=1S/C26H32N4O7/c1-5-35-19-10-7-17(8-11-19)14-27-30-22(31)15-37-20-12-9-18(13-21(20)36-6-2)24-23(25(32)34-4)16(3)28-26(33)29-24/h7-14,22,24,30-31H,5-6,15H2,1-4H3,(H2,28,29,33)/b27-14-/t22-,24+/m1/s1. The normalized spacial score (nSPS) is 16.0. The summed E-state index contributed by atoms with van der Waals surface area (Å²) in [6.45, 7) is 6.20. The van der Waals surface area contributed by atoms with Crippen molar-refractivity contribution in [2.75, 3.05) is 26.9 Å². The van der Waals surface area contributed by atoms with E-state index in [9.17, 15) is 14.7 Å². The number of rotatable bonds is 12. The number of hydrogen-bond acceptors (Lipinski definition) is 9. The van der Waals surface area contributed by atoms with Gasteiger partial charge < -0.3 is 34.7 Å². The third-order valence-electron chi connectivity index (χ3n) is 5.30. The van der Waals surface area contributed by atoms with Crippen LogP contribution in [0.2, 0.25) is 0 Å². The minimum absolute atomic E-state index is 0.115. The van der Waals surface area contributed by atoms with Gasteiger partial charge in [-0.25, -0.2) is 9.59 Å². The first-order valence-corrected chi connectivity index (χ1v) is 11.8. The molecule has 0 fully saturated rings. The molecule has 2 amide bonds. The molecule has 4 N–H and O–H groups in total. The fourth-order valence-corrected chi connectivity index (χ4v) is 3.64. The van der Waals surface area contributed by atoms with Gasteiger partial charge in [-0.05, 0) is 68.3 Å². The lowest BCUT2D eigenvalue weighted by Crippen LogP contribution is -2.45. The summed E-state index contributed by atoms with van der Waals surface area (Å²) in [5, 5.41) is 19.6. The molecule has 2 aromatic rings. The first-order chi connectivity index (χ1) is 17.9. The maximum Gasteiger partial charge on any atom is 0.337 e. The molecule has 0 aliphatic carbocycles. The van der Waals surface area contributed by atoms with Gasteiger partial charge in [-0.3, -0.25) is 5.43 Å². The van der Waals surface area contributed by atoms with Crippen molar-refractivity contribution >= 4 is 18.2 Å². The number of aliphatic hydroxyl groups excluding tert-OH is 1. The van der Waals surface area contributed by atoms with Crippen molar-refractivity contribution in [3.63, 3.8) is 0 Å². The topological polar surface area (TPSA) is 140 Å². The summed E-state index contributed by atoms with van der Waals surface area (Å²) in [7, 11) is 1.28. The molecule has 0 bridgehead atoms. The van der Waals surface area contributed by atoms with E-state index in [-0.39, 0.29) is 12.2 Å². The number of esters is 1. The van der Waals surface area contributed by atoms with Gasteiger partial charge in [0, 0.05) is 5.70 Å². The van der Waals surface area contributed by atoms with Gasteiger partial charge in [-0.1, -0.05) is 6.07 Å². The van der Waals surface area contributed by atoms with Crippen molar-refractivity contribution in [3.8, 4) is 17.2 Å². The summed E-state index contributed by atoms with van der Waals surface area (Å²) in [6, 6.07) is 11.2. The van der Waals surface area contributed by atoms with Crippen LogP contribution in [0.5, 0.6) is 17.2 Å². The first-order valence-electron chi connectivity index (χ1n) is 11.8. The zero-order valence-electron chi connectivity index (χ0n) is 21.2. The molecule has 1 aliphatic rings. The second-order valence-corrected chi connectivity index (χ2v) is 7.92. The number of nitrogens with one attached hydrogen (secondary N) is 3. The number of ether oxygens (including phenoxy) is 4. The summed E-state index contributed by atoms with van der Waals surface area (Å²) < 4.78 is 21.8. The molecule has 0 spiro atoms. The Kier molecular flexibility index (Phi) is 9.73. The van der Waals surface area contributed by atoms with Crippen molar-refractivity contribution in [2.45, 2.75) is 33.0 Å². The molecule has 0 aromatic heterocycles. The Morgan fingerprint density at radius 1 is 1.11 bits per heavy atom. The summed E-state index contributed by atoms with van der Waals surface area (Å²) in [6.07, 6.45) is 0.481. The van der Waals surface area contributed by atoms with Crippen LogP contribution >= 0.6 is 0 Å². The van der Waals surface area contributed by atoms with E-state index in [1.807, 2.05) is 38.1 Å². The van der Waals surface area contributed by atoms with E-state index < -0.39 is 24.3 Å². The second kappa shape index (κ2) is 13.2. The molecule has 198 valence electrons. The van der Waals surface area contributed by atoms with Crippen LogP contribution in [-0.4, -0.2) is 56.5 Å². The number of methoxy groups -OCH3 is 1. The Labute approximate surface area is 215 Å². The van der Waals surface area contributed by atoms with Gasteiger partial charge in [0.15, 0.2) is 17.7 Å². The number of nitrogens with zero attached hydrogens (tertiary/aromatic N) is 1. The Morgan fingerprint density at radius 3 is 2.51 bits per heavy atom. The Balaban J connectivity index is 1.66. The van der Waals surface area contributed by atoms with Crippen molar-refractivity contribution in [1.29, 1.82) is 0 Å². The van der Waals surface area contributed by atoms with E-state index >= 15 is 0 Å². The summed E-state index contributed by atoms with van der Waals surface area (Å²) in [5.74, 6) is 0.975. The third kappa shape index (κ3) is 7.37. The largest absolute Gasteiger partial charge is 0.494 e. The maximum absolute atomic E-state index is 12.4. The van der Waals surface area contributed by atoms with Gasteiger partial charge in [0.05, 0.1) is 38.2 Å². The average molecular weight is 513 g/mol. The Bertz CT molecular complexity index is 1150. The van der Waals surface area contributed by atoms with Crippen molar-refractivity contribution in [2.24, 2.45) is 5.10 Å². The highest BCUT2D eigenvalue weighted by molar-refractivity contribution is 5.95. The van der Waals surface area contributed by atoms with Crippen LogP contribution in [0, 0.1) is 0 Å². The number of carbonyl (C=O) groups excluding carboxylic acids is 2. The van der Waals surface area contributed by atoms with Gasteiger partial charge in [-0.15, -0.1) is 0 Å². The van der Waals surface area contributed by atoms with E-state index in [0.717, 1.165) is 11.3 Å². The molecule has 1 aliphatic heterocycles. The molecule has 0 saturated carbocycles. The van der Waals surface area contributed by atoms with Crippen LogP contribution in [-0.2, 0) is 9.53 Å². The predicted molar refractivity (Wildman–Crippen MR) is 137 cm³/mol. The fraction of sp³-hybridized carbons (Fsp3) is 0.346. The van der Waals surface area contributed by atoms with Gasteiger partial charge in [0.2, 0.25) is 0 Å². The summed E-state index contributed by atoms with van der Waals surface area (Å²) in [4.78, 5) is 24.4. The molecule has 11 heteroatoms. The number of aliphatic hydroxyl groups is 1. The molecular formula is C26H32N4O7. The van der Waals surface area contributed by atoms with Crippen LogP contribution in [0.1, 0.15) is 37.9 Å². The molecule has 2 atom stereocenters. The minimum Gasteiger partial charge on any atom is -0.494 e. The lowest BCUT2D eigenvalue weighted by atomic mass is 9.95. The zero-order valence-corrected chi connectivity index (χ0v) is 21.2. The number of amides is 2. The summed E-state index contributed by atoms with van der Waals surface area (Å²) >= 11 is 0. The smallest absolute Gasteiger partial charge is 0.337 e. The maximum atomic E-state index is 12.4. The van der Waals surface area contributed by atoms with E-state index in [0.29, 0.717) is 36.0 Å². The van der Waals surface area contributed by atoms with Crippen molar-refractivity contribution in [1.82, 2.24) is 16.1 Å². The summed E-state index contributed by atoms with van der Waals surface area (Å²) in [5.41, 5.74) is 4.72. The SMILES string of the molecule is CCOc1ccc(/C=N\N[C@H](O)COc2ccc([C@@H]3NC(=O)NC(C)=C3C(=O)OC)cc2OCC)cc1. The quantitative estimate of drug-likeness (QED) is 0.147. The van der Waals surface area contributed by atoms with Gasteiger partial charge in [0.1, 0.15) is 12.4 Å². The average Bonchev–Trinajstić information content (AvgIpc) is 2.88. The molecule has 0 saturated heterocycles. The van der Waals surface area contributed by atoms with Crippen molar-refractivity contribution in [3.05, 3.63) is 64.9 Å². The number of allylic oxidation sites excluding steroid dienone is 1. The second-order valence-electron chi connectivity index (χ2n) is 7.92. The van der Waals surface area contributed by atoms with Crippen LogP contribution in [0.25, 0.3) is 0 Å². The Hall–Kier alpha value is -4.25. The molecular weight excluding hydrogens is 480 g/mol. The number of hydrazone groups is 1. The van der Waals surface area contributed by atoms with Crippen molar-refractivity contribution < 1.29 is 33.6 Å². The number of hydrogen-bond donors (Lipinski definition) is 4. The van der Waals surface area contributed by atoms with Crippen LogP contribution in [0.4, 0.5) is 4.79 Å². The van der Waals surface area contributed by atoms with E-state index in [4.69, 9.17) is 18.9 Å². The van der Waals surface area contributed by atoms with Gasteiger partial charge >= 0.3 is 12.0 Å². The van der Waals surface area contributed by atoms with Crippen LogP contribution < -0.4 is 30.3 Å². The monoisotopic (exact) mass is 512 g/mol. The highest BCUT2D eigenvalue weighted by Crippen LogP contribution is 2.34. The molecule has 0 radical (unpaired) electrons. The number of benzene rings is 2. The molecule has 3 rings (SSSR count). The molecule has 0 unspecified atom stereocenters. The van der Waals surface area contributed by atoms with Gasteiger partial charge in [0.25, 0.3) is 0 Å². The third-order valence-corrected chi connectivity index (χ3v) is 5.30. The lowest BCUT2D eigenvalue weighted by Gasteiger charge is -2.28. The fourth-order valence-electron chi connectivity index (χ4n) is 3.64. The van der Waals surface area contributed by atoms with E-state index in [1.54, 1.807) is 31.3 Å². The number of carbonyl (C=O) groups is 2. The minimum atomic E-state index is -1.09. The number of urea groups is 1. The van der Waals surface area contributed by atoms with E-state index in [1.165, 1.54) is 7.11 Å². The highest BCUT2D eigenvalue weighted by Gasteiger charge is 2.32. The highest BCUT2D eigenvalue weighted by atomic mass is 16.5. The molecule has 11 nitrogen and oxygen atoms in total. The Morgan fingerprint density at radius 2 is 1.84 bits per heavy atom. The zero-order chi connectivity index (χ0) is 26.8. The lowest BCUT2D eigenvalue weighted by molar-refractivity contribution is -0.136. The van der Waals surface area contributed by atoms with Crippen LogP contribution in [0.3, 0.4) is 0 Å². The molecule has 1 heterocycles.